The van der Waals surface area contributed by atoms with Crippen molar-refractivity contribution < 1.29 is 9.90 Å². The fraction of sp³-hybridized carbons (Fsp3) is 0.412. The molecule has 2 aromatic rings. The number of benzene rings is 1. The zero-order valence-corrected chi connectivity index (χ0v) is 12.5. The largest absolute Gasteiger partial charge is 0.478 e. The van der Waals surface area contributed by atoms with Crippen LogP contribution in [0.2, 0.25) is 0 Å². The lowest BCUT2D eigenvalue weighted by Gasteiger charge is -2.15. The van der Waals surface area contributed by atoms with Gasteiger partial charge in [0.1, 0.15) is 0 Å². The van der Waals surface area contributed by atoms with Gasteiger partial charge in [0.15, 0.2) is 0 Å². The lowest BCUT2D eigenvalue weighted by molar-refractivity contribution is 0.0697. The second-order valence-corrected chi connectivity index (χ2v) is 5.94. The van der Waals surface area contributed by atoms with Crippen LogP contribution < -0.4 is 0 Å². The van der Waals surface area contributed by atoms with E-state index in [1.165, 1.54) is 24.1 Å². The van der Waals surface area contributed by atoms with E-state index < -0.39 is 5.97 Å². The SMILES string of the molecule is CC(C)c1nn(-c2cccc(C(=O)O)c2)c2c1CCCC2. The molecule has 1 N–H and O–H groups in total. The van der Waals surface area contributed by atoms with Crippen molar-refractivity contribution in [3.8, 4) is 5.69 Å². The lowest BCUT2D eigenvalue weighted by atomic mass is 9.92. The number of fused-ring (bicyclic) bond motifs is 1. The van der Waals surface area contributed by atoms with Crippen molar-refractivity contribution >= 4 is 5.97 Å². The second kappa shape index (κ2) is 5.35. The summed E-state index contributed by atoms with van der Waals surface area (Å²) in [4.78, 5) is 11.2. The standard InChI is InChI=1S/C17H20N2O2/c1-11(2)16-14-8-3-4-9-15(14)19(18-16)13-7-5-6-12(10-13)17(20)21/h5-7,10-11H,3-4,8-9H2,1-2H3,(H,20,21). The third kappa shape index (κ3) is 2.46. The van der Waals surface area contributed by atoms with Crippen molar-refractivity contribution in [3.63, 3.8) is 0 Å². The van der Waals surface area contributed by atoms with Crippen LogP contribution in [0.3, 0.4) is 0 Å². The molecule has 0 fully saturated rings. The van der Waals surface area contributed by atoms with E-state index in [0.717, 1.165) is 24.2 Å². The molecule has 0 amide bonds. The number of hydrogen-bond acceptors (Lipinski definition) is 2. The van der Waals surface area contributed by atoms with Crippen molar-refractivity contribution in [2.24, 2.45) is 0 Å². The summed E-state index contributed by atoms with van der Waals surface area (Å²) in [5.41, 5.74) is 4.94. The molecule has 21 heavy (non-hydrogen) atoms. The second-order valence-electron chi connectivity index (χ2n) is 5.94. The van der Waals surface area contributed by atoms with Crippen LogP contribution in [0, 0.1) is 0 Å². The van der Waals surface area contributed by atoms with Crippen LogP contribution in [-0.4, -0.2) is 20.9 Å². The summed E-state index contributed by atoms with van der Waals surface area (Å²) in [7, 11) is 0. The van der Waals surface area contributed by atoms with Gasteiger partial charge in [-0.15, -0.1) is 0 Å². The summed E-state index contributed by atoms with van der Waals surface area (Å²) in [6.45, 7) is 4.32. The van der Waals surface area contributed by atoms with E-state index in [-0.39, 0.29) is 0 Å². The Morgan fingerprint density at radius 1 is 1.29 bits per heavy atom. The van der Waals surface area contributed by atoms with Gasteiger partial charge in [0.25, 0.3) is 0 Å². The third-order valence-corrected chi connectivity index (χ3v) is 4.10. The molecule has 0 saturated heterocycles. The average molecular weight is 284 g/mol. The topological polar surface area (TPSA) is 55.1 Å². The predicted molar refractivity (Wildman–Crippen MR) is 81.3 cm³/mol. The molecular formula is C17H20N2O2. The molecule has 4 heteroatoms. The molecule has 4 nitrogen and oxygen atoms in total. The minimum atomic E-state index is -0.901. The number of carbonyl (C=O) groups is 1. The maximum atomic E-state index is 11.2. The first-order chi connectivity index (χ1) is 10.1. The van der Waals surface area contributed by atoms with Crippen LogP contribution in [0.25, 0.3) is 5.69 Å². The molecule has 0 unspecified atom stereocenters. The molecule has 110 valence electrons. The highest BCUT2D eigenvalue weighted by atomic mass is 16.4. The number of carboxylic acids is 1. The van der Waals surface area contributed by atoms with Crippen LogP contribution >= 0.6 is 0 Å². The van der Waals surface area contributed by atoms with E-state index in [1.54, 1.807) is 18.2 Å². The number of aromatic carboxylic acids is 1. The molecule has 0 radical (unpaired) electrons. The molecule has 0 aliphatic heterocycles. The molecule has 3 rings (SSSR count). The van der Waals surface area contributed by atoms with Gasteiger partial charge < -0.3 is 5.11 Å². The van der Waals surface area contributed by atoms with E-state index in [9.17, 15) is 4.79 Å². The van der Waals surface area contributed by atoms with Crippen molar-refractivity contribution in [1.82, 2.24) is 9.78 Å². The van der Waals surface area contributed by atoms with Crippen LogP contribution in [0.1, 0.15) is 59.9 Å². The minimum absolute atomic E-state index is 0.304. The molecule has 0 atom stereocenters. The summed E-state index contributed by atoms with van der Waals surface area (Å²) in [5.74, 6) is -0.511. The van der Waals surface area contributed by atoms with Crippen molar-refractivity contribution in [2.45, 2.75) is 45.4 Å². The minimum Gasteiger partial charge on any atom is -0.478 e. The fourth-order valence-electron chi connectivity index (χ4n) is 3.08. The third-order valence-electron chi connectivity index (χ3n) is 4.10. The molecule has 1 aromatic heterocycles. The molecule has 1 heterocycles. The van der Waals surface area contributed by atoms with Crippen molar-refractivity contribution in [1.29, 1.82) is 0 Å². The molecule has 0 saturated carbocycles. The molecular weight excluding hydrogens is 264 g/mol. The number of carboxylic acid groups (broad SMARTS) is 1. The molecule has 0 bridgehead atoms. The van der Waals surface area contributed by atoms with E-state index in [0.29, 0.717) is 11.5 Å². The summed E-state index contributed by atoms with van der Waals surface area (Å²) in [5, 5.41) is 13.9. The smallest absolute Gasteiger partial charge is 0.335 e. The Balaban J connectivity index is 2.14. The molecule has 1 aliphatic rings. The zero-order valence-electron chi connectivity index (χ0n) is 12.5. The lowest BCUT2D eigenvalue weighted by Crippen LogP contribution is -2.08. The Morgan fingerprint density at radius 3 is 2.76 bits per heavy atom. The fourth-order valence-corrected chi connectivity index (χ4v) is 3.08. The Bertz CT molecular complexity index is 686. The number of nitrogens with zero attached hydrogens (tertiary/aromatic N) is 2. The van der Waals surface area contributed by atoms with Gasteiger partial charge in [0.05, 0.1) is 16.9 Å². The van der Waals surface area contributed by atoms with Gasteiger partial charge in [0, 0.05) is 5.69 Å². The van der Waals surface area contributed by atoms with Crippen LogP contribution in [0.4, 0.5) is 0 Å². The van der Waals surface area contributed by atoms with E-state index >= 15 is 0 Å². The molecule has 0 spiro atoms. The first-order valence-corrected chi connectivity index (χ1v) is 7.52. The van der Waals surface area contributed by atoms with Crippen molar-refractivity contribution in [2.75, 3.05) is 0 Å². The summed E-state index contributed by atoms with van der Waals surface area (Å²) in [6, 6.07) is 7.03. The molecule has 1 aromatic carbocycles. The summed E-state index contributed by atoms with van der Waals surface area (Å²) in [6.07, 6.45) is 4.50. The maximum absolute atomic E-state index is 11.2. The van der Waals surface area contributed by atoms with Gasteiger partial charge in [-0.3, -0.25) is 0 Å². The zero-order chi connectivity index (χ0) is 15.0. The first kappa shape index (κ1) is 13.9. The monoisotopic (exact) mass is 284 g/mol. The van der Waals surface area contributed by atoms with Gasteiger partial charge in [0.2, 0.25) is 0 Å². The quantitative estimate of drug-likeness (QED) is 0.937. The molecule has 1 aliphatic carbocycles. The average Bonchev–Trinajstić information content (AvgIpc) is 2.87. The summed E-state index contributed by atoms with van der Waals surface area (Å²) < 4.78 is 1.95. The Morgan fingerprint density at radius 2 is 2.05 bits per heavy atom. The normalized spacial score (nSPS) is 14.2. The summed E-state index contributed by atoms with van der Waals surface area (Å²) >= 11 is 0. The highest BCUT2D eigenvalue weighted by Gasteiger charge is 2.23. The van der Waals surface area contributed by atoms with Gasteiger partial charge in [-0.2, -0.15) is 5.10 Å². The first-order valence-electron chi connectivity index (χ1n) is 7.52. The van der Waals surface area contributed by atoms with Gasteiger partial charge in [-0.25, -0.2) is 9.48 Å². The van der Waals surface area contributed by atoms with E-state index in [4.69, 9.17) is 10.2 Å². The van der Waals surface area contributed by atoms with Crippen LogP contribution in [0.5, 0.6) is 0 Å². The van der Waals surface area contributed by atoms with Crippen molar-refractivity contribution in [3.05, 3.63) is 46.8 Å². The Labute approximate surface area is 124 Å². The van der Waals surface area contributed by atoms with Gasteiger partial charge in [-0.05, 0) is 55.4 Å². The maximum Gasteiger partial charge on any atom is 0.335 e. The van der Waals surface area contributed by atoms with Gasteiger partial charge in [-0.1, -0.05) is 19.9 Å². The van der Waals surface area contributed by atoms with Crippen LogP contribution in [0.15, 0.2) is 24.3 Å². The Kier molecular flexibility index (Phi) is 3.53. The van der Waals surface area contributed by atoms with E-state index in [2.05, 4.69) is 13.8 Å². The number of rotatable bonds is 3. The van der Waals surface area contributed by atoms with E-state index in [1.807, 2.05) is 10.7 Å². The van der Waals surface area contributed by atoms with Gasteiger partial charge >= 0.3 is 5.97 Å². The number of aromatic nitrogens is 2. The number of hydrogen-bond donors (Lipinski definition) is 1. The highest BCUT2D eigenvalue weighted by molar-refractivity contribution is 5.88. The van der Waals surface area contributed by atoms with Crippen LogP contribution in [-0.2, 0) is 12.8 Å². The Hall–Kier alpha value is -2.10. The predicted octanol–water partition coefficient (Wildman–Crippen LogP) is 3.57. The highest BCUT2D eigenvalue weighted by Crippen LogP contribution is 2.30.